The number of carbonyl (C=O) groups is 2. The molecule has 1 aliphatic rings. The van der Waals surface area contributed by atoms with Crippen LogP contribution in [0.4, 0.5) is 29.3 Å². The van der Waals surface area contributed by atoms with Crippen molar-refractivity contribution in [2.24, 2.45) is 0 Å². The minimum absolute atomic E-state index is 0.120. The number of aryl methyl sites for hydroxylation is 1. The van der Waals surface area contributed by atoms with Crippen molar-refractivity contribution in [2.45, 2.75) is 32.7 Å². The van der Waals surface area contributed by atoms with Gasteiger partial charge < -0.3 is 19.7 Å². The van der Waals surface area contributed by atoms with Crippen LogP contribution in [0.1, 0.15) is 23.1 Å². The van der Waals surface area contributed by atoms with E-state index in [1.54, 1.807) is 41.2 Å². The molecule has 1 aliphatic heterocycles. The van der Waals surface area contributed by atoms with Crippen molar-refractivity contribution < 1.29 is 32.2 Å². The van der Waals surface area contributed by atoms with Crippen molar-refractivity contribution >= 4 is 23.3 Å². The number of urea groups is 1. The second-order valence-electron chi connectivity index (χ2n) is 9.00. The number of nitrogens with zero attached hydrogens (tertiary/aromatic N) is 2. The summed E-state index contributed by atoms with van der Waals surface area (Å²) in [6.07, 6.45) is -4.00. The third-order valence-electron chi connectivity index (χ3n) is 6.06. The Hall–Kier alpha value is -4.21. The van der Waals surface area contributed by atoms with Gasteiger partial charge in [0.25, 0.3) is 0 Å². The first-order valence-corrected chi connectivity index (χ1v) is 12.1. The number of halogens is 3. The van der Waals surface area contributed by atoms with E-state index in [2.05, 4.69) is 10.1 Å². The number of hydrogen-bond donors (Lipinski definition) is 1. The first-order chi connectivity index (χ1) is 18.1. The molecule has 0 bridgehead atoms. The van der Waals surface area contributed by atoms with Crippen molar-refractivity contribution in [3.8, 4) is 11.5 Å². The lowest BCUT2D eigenvalue weighted by atomic mass is 10.1. The minimum atomic E-state index is -4.80. The van der Waals surface area contributed by atoms with Crippen molar-refractivity contribution in [3.05, 3.63) is 83.4 Å². The predicted octanol–water partition coefficient (Wildman–Crippen LogP) is 5.92. The zero-order chi connectivity index (χ0) is 27.3. The summed E-state index contributed by atoms with van der Waals surface area (Å²) in [5, 5.41) is 2.93. The van der Waals surface area contributed by atoms with Gasteiger partial charge >= 0.3 is 12.4 Å². The SMILES string of the molecule is COc1ccc(CC(=O)Nc2cc(C)ccc2N2CCCN(Cc3cccc(OC(F)(F)F)c3)C2=O)cc1. The Kier molecular flexibility index (Phi) is 8.09. The van der Waals surface area contributed by atoms with Crippen LogP contribution >= 0.6 is 0 Å². The largest absolute Gasteiger partial charge is 0.573 e. The first-order valence-electron chi connectivity index (χ1n) is 12.1. The molecule has 3 aromatic carbocycles. The maximum Gasteiger partial charge on any atom is 0.573 e. The Labute approximate surface area is 218 Å². The van der Waals surface area contributed by atoms with Crippen molar-refractivity contribution in [3.63, 3.8) is 0 Å². The number of alkyl halides is 3. The molecule has 4 rings (SSSR count). The van der Waals surface area contributed by atoms with E-state index in [1.807, 2.05) is 31.2 Å². The topological polar surface area (TPSA) is 71.1 Å². The van der Waals surface area contributed by atoms with Crippen LogP contribution in [0.3, 0.4) is 0 Å². The van der Waals surface area contributed by atoms with Gasteiger partial charge in [-0.15, -0.1) is 13.2 Å². The van der Waals surface area contributed by atoms with Gasteiger partial charge in [0.15, 0.2) is 0 Å². The fourth-order valence-corrected chi connectivity index (χ4v) is 4.32. The standard InChI is InChI=1S/C28H28F3N3O4/c1-19-7-12-25(24(15-19)32-26(35)17-20-8-10-22(37-2)11-9-20)34-14-4-13-33(27(34)36)18-21-5-3-6-23(16-21)38-28(29,30)31/h3,5-12,15-16H,4,13-14,17-18H2,1-2H3,(H,32,35). The van der Waals surface area contributed by atoms with E-state index in [-0.39, 0.29) is 30.7 Å². The molecule has 0 radical (unpaired) electrons. The van der Waals surface area contributed by atoms with E-state index in [1.165, 1.54) is 18.2 Å². The maximum absolute atomic E-state index is 13.4. The molecule has 7 nitrogen and oxygen atoms in total. The van der Waals surface area contributed by atoms with Crippen LogP contribution < -0.4 is 19.7 Å². The van der Waals surface area contributed by atoms with Gasteiger partial charge in [0.1, 0.15) is 11.5 Å². The van der Waals surface area contributed by atoms with E-state index >= 15 is 0 Å². The average molecular weight is 528 g/mol. The highest BCUT2D eigenvalue weighted by molar-refractivity contribution is 6.01. The molecule has 1 saturated heterocycles. The van der Waals surface area contributed by atoms with E-state index in [4.69, 9.17) is 4.74 Å². The maximum atomic E-state index is 13.4. The van der Waals surface area contributed by atoms with Crippen LogP contribution in [0.2, 0.25) is 0 Å². The molecule has 0 aromatic heterocycles. The molecule has 0 aliphatic carbocycles. The number of nitrogens with one attached hydrogen (secondary N) is 1. The second kappa shape index (κ2) is 11.5. The molecular formula is C28H28F3N3O4. The van der Waals surface area contributed by atoms with Crippen LogP contribution in [0.25, 0.3) is 0 Å². The number of carbonyl (C=O) groups excluding carboxylic acids is 2. The number of ether oxygens (including phenoxy) is 2. The molecule has 0 spiro atoms. The highest BCUT2D eigenvalue weighted by Crippen LogP contribution is 2.31. The summed E-state index contributed by atoms with van der Waals surface area (Å²) in [6, 6.07) is 18.0. The average Bonchev–Trinajstić information content (AvgIpc) is 2.85. The summed E-state index contributed by atoms with van der Waals surface area (Å²) in [6.45, 7) is 2.90. The zero-order valence-corrected chi connectivity index (χ0v) is 21.0. The third kappa shape index (κ3) is 6.96. The molecule has 1 N–H and O–H groups in total. The van der Waals surface area contributed by atoms with Gasteiger partial charge in [0.2, 0.25) is 5.91 Å². The number of hydrogen-bond acceptors (Lipinski definition) is 4. The second-order valence-corrected chi connectivity index (χ2v) is 9.00. The van der Waals surface area contributed by atoms with Crippen molar-refractivity contribution in [2.75, 3.05) is 30.4 Å². The third-order valence-corrected chi connectivity index (χ3v) is 6.06. The Morgan fingerprint density at radius 3 is 2.45 bits per heavy atom. The highest BCUT2D eigenvalue weighted by Gasteiger charge is 2.32. The number of methoxy groups -OCH3 is 1. The zero-order valence-electron chi connectivity index (χ0n) is 21.0. The lowest BCUT2D eigenvalue weighted by Gasteiger charge is -2.36. The quantitative estimate of drug-likeness (QED) is 0.395. The Bertz CT molecular complexity index is 1300. The summed E-state index contributed by atoms with van der Waals surface area (Å²) < 4.78 is 47.0. The van der Waals surface area contributed by atoms with Gasteiger partial charge in [-0.05, 0) is 66.4 Å². The van der Waals surface area contributed by atoms with Gasteiger partial charge in [0, 0.05) is 19.6 Å². The van der Waals surface area contributed by atoms with Crippen LogP contribution in [-0.2, 0) is 17.8 Å². The van der Waals surface area contributed by atoms with E-state index < -0.39 is 6.36 Å². The molecule has 200 valence electrons. The lowest BCUT2D eigenvalue weighted by molar-refractivity contribution is -0.274. The van der Waals surface area contributed by atoms with E-state index in [9.17, 15) is 22.8 Å². The summed E-state index contributed by atoms with van der Waals surface area (Å²) in [4.78, 5) is 29.4. The molecule has 10 heteroatoms. The molecule has 3 aromatic rings. The summed E-state index contributed by atoms with van der Waals surface area (Å²) in [7, 11) is 1.57. The van der Waals surface area contributed by atoms with Crippen molar-refractivity contribution in [1.82, 2.24) is 4.90 Å². The Morgan fingerprint density at radius 1 is 0.974 bits per heavy atom. The Balaban J connectivity index is 1.49. The number of anilines is 2. The molecular weight excluding hydrogens is 499 g/mol. The predicted molar refractivity (Wildman–Crippen MR) is 137 cm³/mol. The molecule has 38 heavy (non-hydrogen) atoms. The molecule has 0 unspecified atom stereocenters. The van der Waals surface area contributed by atoms with Gasteiger partial charge in [-0.2, -0.15) is 0 Å². The van der Waals surface area contributed by atoms with Crippen molar-refractivity contribution in [1.29, 1.82) is 0 Å². The molecule has 3 amide bonds. The summed E-state index contributed by atoms with van der Waals surface area (Å²) >= 11 is 0. The first kappa shape index (κ1) is 26.8. The lowest BCUT2D eigenvalue weighted by Crippen LogP contribution is -2.49. The Morgan fingerprint density at radius 2 is 1.74 bits per heavy atom. The molecule has 0 atom stereocenters. The van der Waals surface area contributed by atoms with E-state index in [0.717, 1.165) is 11.1 Å². The minimum Gasteiger partial charge on any atom is -0.497 e. The molecule has 1 fully saturated rings. The van der Waals surface area contributed by atoms with E-state index in [0.29, 0.717) is 42.2 Å². The summed E-state index contributed by atoms with van der Waals surface area (Å²) in [5.74, 6) is 0.129. The van der Waals surface area contributed by atoms with Crippen LogP contribution in [0.5, 0.6) is 11.5 Å². The van der Waals surface area contributed by atoms with Gasteiger partial charge in [-0.3, -0.25) is 9.69 Å². The monoisotopic (exact) mass is 527 g/mol. The van der Waals surface area contributed by atoms with Crippen LogP contribution in [0, 0.1) is 6.92 Å². The number of rotatable bonds is 8. The molecule has 0 saturated carbocycles. The number of amides is 3. The van der Waals surface area contributed by atoms with Crippen LogP contribution in [0.15, 0.2) is 66.7 Å². The fourth-order valence-electron chi connectivity index (χ4n) is 4.32. The van der Waals surface area contributed by atoms with Crippen LogP contribution in [-0.4, -0.2) is 43.4 Å². The van der Waals surface area contributed by atoms with Gasteiger partial charge in [-0.25, -0.2) is 4.79 Å². The highest BCUT2D eigenvalue weighted by atomic mass is 19.4. The van der Waals surface area contributed by atoms with Gasteiger partial charge in [-0.1, -0.05) is 30.3 Å². The normalized spacial score (nSPS) is 13.9. The smallest absolute Gasteiger partial charge is 0.497 e. The fraction of sp³-hybridized carbons (Fsp3) is 0.286. The van der Waals surface area contributed by atoms with Gasteiger partial charge in [0.05, 0.1) is 24.9 Å². The molecule has 1 heterocycles. The summed E-state index contributed by atoms with van der Waals surface area (Å²) in [5.41, 5.74) is 3.31. The number of benzene rings is 3.